The third-order valence-corrected chi connectivity index (χ3v) is 3.03. The lowest BCUT2D eigenvalue weighted by Crippen LogP contribution is -2.17. The minimum atomic E-state index is -0.348. The van der Waals surface area contributed by atoms with Crippen LogP contribution in [0.2, 0.25) is 5.15 Å². The van der Waals surface area contributed by atoms with Crippen molar-refractivity contribution in [3.05, 3.63) is 53.2 Å². The first-order valence-corrected chi connectivity index (χ1v) is 6.34. The fourth-order valence-corrected chi connectivity index (χ4v) is 1.92. The number of hydrogen-bond donors (Lipinski definition) is 2. The normalized spacial score (nSPS) is 11.1. The van der Waals surface area contributed by atoms with E-state index >= 15 is 0 Å². The number of nitrogens with zero attached hydrogens (tertiary/aromatic N) is 4. The largest absolute Gasteiger partial charge is 0.272 e. The molecule has 3 heterocycles. The Labute approximate surface area is 124 Å². The number of carbonyl (C=O) groups excluding carboxylic acids is 1. The molecular formula is C13H9ClN6O. The predicted octanol–water partition coefficient (Wildman–Crippen LogP) is 1.77. The average molecular weight is 301 g/mol. The molecule has 0 unspecified atom stereocenters. The molecule has 0 atom stereocenters. The summed E-state index contributed by atoms with van der Waals surface area (Å²) >= 11 is 5.93. The van der Waals surface area contributed by atoms with Crippen LogP contribution in [0.5, 0.6) is 0 Å². The van der Waals surface area contributed by atoms with Gasteiger partial charge in [0.05, 0.1) is 17.2 Å². The molecule has 21 heavy (non-hydrogen) atoms. The Hall–Kier alpha value is -2.80. The maximum atomic E-state index is 11.8. The Balaban J connectivity index is 1.78. The minimum Gasteiger partial charge on any atom is -0.267 e. The van der Waals surface area contributed by atoms with Gasteiger partial charge in [-0.25, -0.2) is 5.43 Å². The van der Waals surface area contributed by atoms with Crippen LogP contribution in [0.15, 0.2) is 42.0 Å². The van der Waals surface area contributed by atoms with Crippen molar-refractivity contribution in [2.75, 3.05) is 0 Å². The van der Waals surface area contributed by atoms with Gasteiger partial charge >= 0.3 is 0 Å². The molecule has 0 bridgehead atoms. The van der Waals surface area contributed by atoms with E-state index in [0.29, 0.717) is 27.2 Å². The van der Waals surface area contributed by atoms with Crippen molar-refractivity contribution in [2.24, 2.45) is 5.10 Å². The van der Waals surface area contributed by atoms with Crippen LogP contribution in [0.25, 0.3) is 10.9 Å². The first kappa shape index (κ1) is 13.2. The molecular weight excluding hydrogens is 292 g/mol. The molecule has 3 aromatic heterocycles. The minimum absolute atomic E-state index is 0.348. The number of amides is 1. The van der Waals surface area contributed by atoms with E-state index in [-0.39, 0.29) is 5.91 Å². The van der Waals surface area contributed by atoms with Gasteiger partial charge in [0.15, 0.2) is 0 Å². The molecule has 0 aliphatic rings. The lowest BCUT2D eigenvalue weighted by Gasteiger charge is -1.98. The van der Waals surface area contributed by atoms with Crippen molar-refractivity contribution in [1.29, 1.82) is 0 Å². The summed E-state index contributed by atoms with van der Waals surface area (Å²) in [6.07, 6.45) is 7.70. The lowest BCUT2D eigenvalue weighted by atomic mass is 10.2. The van der Waals surface area contributed by atoms with Crippen molar-refractivity contribution in [2.45, 2.75) is 0 Å². The van der Waals surface area contributed by atoms with Crippen molar-refractivity contribution >= 4 is 34.6 Å². The van der Waals surface area contributed by atoms with Crippen molar-refractivity contribution in [3.63, 3.8) is 0 Å². The number of aromatic nitrogens is 4. The highest BCUT2D eigenvalue weighted by Crippen LogP contribution is 2.20. The molecule has 104 valence electrons. The molecule has 8 heteroatoms. The van der Waals surface area contributed by atoms with E-state index in [1.807, 2.05) is 0 Å². The van der Waals surface area contributed by atoms with Gasteiger partial charge in [0.1, 0.15) is 10.7 Å². The number of aromatic amines is 1. The Morgan fingerprint density at radius 2 is 2.24 bits per heavy atom. The number of pyridine rings is 2. The van der Waals surface area contributed by atoms with Crippen molar-refractivity contribution < 1.29 is 4.79 Å². The van der Waals surface area contributed by atoms with Crippen LogP contribution in [0.1, 0.15) is 15.9 Å². The van der Waals surface area contributed by atoms with Gasteiger partial charge in [-0.15, -0.1) is 0 Å². The van der Waals surface area contributed by atoms with E-state index in [1.54, 1.807) is 30.7 Å². The first-order valence-electron chi connectivity index (χ1n) is 5.96. The summed E-state index contributed by atoms with van der Waals surface area (Å²) in [7, 11) is 0. The van der Waals surface area contributed by atoms with Crippen molar-refractivity contribution in [1.82, 2.24) is 25.6 Å². The van der Waals surface area contributed by atoms with Crippen LogP contribution in [0.3, 0.4) is 0 Å². The van der Waals surface area contributed by atoms with Gasteiger partial charge < -0.3 is 0 Å². The summed E-state index contributed by atoms with van der Waals surface area (Å²) in [6, 6.07) is 3.32. The maximum absolute atomic E-state index is 11.8. The van der Waals surface area contributed by atoms with Crippen LogP contribution in [-0.2, 0) is 0 Å². The molecule has 0 spiro atoms. The number of hydrazone groups is 1. The number of hydrogen-bond acceptors (Lipinski definition) is 5. The van der Waals surface area contributed by atoms with E-state index in [4.69, 9.17) is 11.6 Å². The van der Waals surface area contributed by atoms with Crippen LogP contribution >= 0.6 is 11.6 Å². The molecule has 0 radical (unpaired) electrons. The van der Waals surface area contributed by atoms with Crippen LogP contribution in [0, 0.1) is 0 Å². The topological polar surface area (TPSA) is 95.9 Å². The second-order valence-electron chi connectivity index (χ2n) is 4.10. The van der Waals surface area contributed by atoms with E-state index in [2.05, 4.69) is 30.7 Å². The summed E-state index contributed by atoms with van der Waals surface area (Å²) < 4.78 is 0. The fourth-order valence-electron chi connectivity index (χ4n) is 1.74. The smallest absolute Gasteiger partial charge is 0.267 e. The van der Waals surface area contributed by atoms with E-state index in [1.165, 1.54) is 12.4 Å². The average Bonchev–Trinajstić information content (AvgIpc) is 2.91. The second kappa shape index (κ2) is 5.68. The molecule has 0 saturated carbocycles. The highest BCUT2D eigenvalue weighted by Gasteiger charge is 2.07. The van der Waals surface area contributed by atoms with Crippen LogP contribution in [0.4, 0.5) is 0 Å². The molecule has 0 saturated heterocycles. The maximum Gasteiger partial charge on any atom is 0.272 e. The summed E-state index contributed by atoms with van der Waals surface area (Å²) in [5, 5.41) is 11.7. The Kier molecular flexibility index (Phi) is 3.57. The molecule has 3 rings (SSSR count). The van der Waals surface area contributed by atoms with Gasteiger partial charge in [-0.1, -0.05) is 11.6 Å². The summed E-state index contributed by atoms with van der Waals surface area (Å²) in [5.74, 6) is -0.348. The molecule has 7 nitrogen and oxygen atoms in total. The quantitative estimate of drug-likeness (QED) is 0.569. The van der Waals surface area contributed by atoms with E-state index in [9.17, 15) is 4.79 Å². The number of fused-ring (bicyclic) bond motifs is 1. The third kappa shape index (κ3) is 2.72. The van der Waals surface area contributed by atoms with Gasteiger partial charge in [-0.2, -0.15) is 10.2 Å². The van der Waals surface area contributed by atoms with Gasteiger partial charge in [0.2, 0.25) is 0 Å². The lowest BCUT2D eigenvalue weighted by molar-refractivity contribution is 0.0955. The van der Waals surface area contributed by atoms with Crippen LogP contribution in [-0.4, -0.2) is 32.3 Å². The number of H-pyrrole nitrogens is 1. The van der Waals surface area contributed by atoms with Gasteiger partial charge in [-0.05, 0) is 12.1 Å². The zero-order valence-electron chi connectivity index (χ0n) is 10.6. The number of nitrogens with one attached hydrogen (secondary N) is 2. The molecule has 0 aliphatic carbocycles. The zero-order valence-corrected chi connectivity index (χ0v) is 11.4. The summed E-state index contributed by atoms with van der Waals surface area (Å²) in [6.45, 7) is 0. The Morgan fingerprint density at radius 3 is 3.05 bits per heavy atom. The first-order chi connectivity index (χ1) is 10.3. The fraction of sp³-hybridized carbons (Fsp3) is 0. The molecule has 0 fully saturated rings. The predicted molar refractivity (Wildman–Crippen MR) is 78.2 cm³/mol. The number of rotatable bonds is 3. The highest BCUT2D eigenvalue weighted by atomic mass is 35.5. The van der Waals surface area contributed by atoms with E-state index in [0.717, 1.165) is 0 Å². The second-order valence-corrected chi connectivity index (χ2v) is 4.48. The summed E-state index contributed by atoms with van der Waals surface area (Å²) in [4.78, 5) is 19.7. The van der Waals surface area contributed by atoms with Gasteiger partial charge in [0, 0.05) is 30.4 Å². The van der Waals surface area contributed by atoms with Gasteiger partial charge in [-0.3, -0.25) is 19.9 Å². The molecule has 0 aromatic carbocycles. The van der Waals surface area contributed by atoms with E-state index < -0.39 is 0 Å². The molecule has 1 amide bonds. The summed E-state index contributed by atoms with van der Waals surface area (Å²) in [5.41, 5.74) is 4.11. The number of carbonyl (C=O) groups is 1. The van der Waals surface area contributed by atoms with Crippen molar-refractivity contribution in [3.8, 4) is 0 Å². The monoisotopic (exact) mass is 300 g/mol. The molecule has 2 N–H and O–H groups in total. The van der Waals surface area contributed by atoms with Crippen LogP contribution < -0.4 is 5.43 Å². The Bertz CT molecular complexity index is 814. The zero-order chi connectivity index (χ0) is 14.7. The van der Waals surface area contributed by atoms with Gasteiger partial charge in [0.25, 0.3) is 5.91 Å². The SMILES string of the molecule is O=C(NN=Cc1cncc2c(Cl)[nH]nc12)c1cccnc1. The standard InChI is InChI=1S/C13H9ClN6O/c14-12-10-7-16-5-9(11(10)18-19-12)6-17-20-13(21)8-2-1-3-15-4-8/h1-7H,(H,18,19)(H,20,21). The number of halogens is 1. The third-order valence-electron chi connectivity index (χ3n) is 2.74. The highest BCUT2D eigenvalue weighted by molar-refractivity contribution is 6.34. The molecule has 0 aliphatic heterocycles. The Morgan fingerprint density at radius 1 is 1.33 bits per heavy atom. The molecule has 3 aromatic rings.